The van der Waals surface area contributed by atoms with Gasteiger partial charge in [-0.1, -0.05) is 18.5 Å². The lowest BCUT2D eigenvalue weighted by molar-refractivity contribution is -0.132. The minimum atomic E-state index is -0.214. The van der Waals surface area contributed by atoms with Gasteiger partial charge in [-0.25, -0.2) is 5.43 Å². The average Bonchev–Trinajstić information content (AvgIpc) is 3.25. The van der Waals surface area contributed by atoms with Crippen LogP contribution in [0.1, 0.15) is 32.1 Å². The number of carbonyl (C=O) groups is 1. The van der Waals surface area contributed by atoms with Crippen molar-refractivity contribution >= 4 is 5.91 Å². The molecule has 0 bridgehead atoms. The van der Waals surface area contributed by atoms with Gasteiger partial charge in [-0.2, -0.15) is 4.98 Å². The minimum Gasteiger partial charge on any atom is -0.337 e. The minimum absolute atomic E-state index is 0.0183. The Morgan fingerprint density at radius 1 is 1.38 bits per heavy atom. The van der Waals surface area contributed by atoms with Crippen LogP contribution in [0.2, 0.25) is 0 Å². The molecule has 0 aliphatic carbocycles. The number of nitrogens with one attached hydrogen (secondary N) is 2. The molecule has 0 aromatic carbocycles. The first-order chi connectivity index (χ1) is 11.7. The molecule has 3 heterocycles. The fraction of sp³-hybridized carbons (Fsp3) is 0.500. The molecule has 0 spiro atoms. The molecule has 1 amide bonds. The summed E-state index contributed by atoms with van der Waals surface area (Å²) in [5.41, 5.74) is 7.08. The maximum Gasteiger partial charge on any atom is 0.246 e. The Bertz CT molecular complexity index is 674. The van der Waals surface area contributed by atoms with E-state index >= 15 is 0 Å². The first-order valence-corrected chi connectivity index (χ1v) is 8.16. The van der Waals surface area contributed by atoms with E-state index in [-0.39, 0.29) is 18.5 Å². The molecule has 128 valence electrons. The Morgan fingerprint density at radius 3 is 2.92 bits per heavy atom. The Hall–Kier alpha value is -2.32. The van der Waals surface area contributed by atoms with Crippen LogP contribution < -0.4 is 10.9 Å². The van der Waals surface area contributed by atoms with Crippen LogP contribution in [0, 0.1) is 0 Å². The number of hydrogen-bond acceptors (Lipinski definition) is 7. The van der Waals surface area contributed by atoms with Crippen molar-refractivity contribution < 1.29 is 9.32 Å². The number of carbonyl (C=O) groups excluding carboxylic acids is 1. The molecule has 24 heavy (non-hydrogen) atoms. The third-order valence-electron chi connectivity index (χ3n) is 4.07. The van der Waals surface area contributed by atoms with E-state index in [4.69, 9.17) is 4.52 Å². The molecule has 1 fully saturated rings. The van der Waals surface area contributed by atoms with Gasteiger partial charge < -0.3 is 9.42 Å². The summed E-state index contributed by atoms with van der Waals surface area (Å²) in [4.78, 5) is 22.4. The molecular formula is C16H22N6O2. The molecule has 2 aromatic heterocycles. The van der Waals surface area contributed by atoms with E-state index in [0.717, 1.165) is 24.8 Å². The van der Waals surface area contributed by atoms with E-state index < -0.39 is 0 Å². The van der Waals surface area contributed by atoms with E-state index in [2.05, 4.69) is 32.9 Å². The third-order valence-corrected chi connectivity index (χ3v) is 4.07. The van der Waals surface area contributed by atoms with Crippen molar-refractivity contribution in [1.82, 2.24) is 30.9 Å². The summed E-state index contributed by atoms with van der Waals surface area (Å²) in [5, 5.41) is 3.95. The van der Waals surface area contributed by atoms with E-state index in [1.165, 1.54) is 0 Å². The number of nitrogens with zero attached hydrogens (tertiary/aromatic N) is 4. The molecule has 0 saturated carbocycles. The molecule has 2 unspecified atom stereocenters. The normalized spacial score (nSPS) is 20.2. The molecule has 1 saturated heterocycles. The van der Waals surface area contributed by atoms with Crippen LogP contribution >= 0.6 is 0 Å². The maximum absolute atomic E-state index is 12.5. The van der Waals surface area contributed by atoms with Gasteiger partial charge in [0.15, 0.2) is 0 Å². The fourth-order valence-electron chi connectivity index (χ4n) is 2.81. The van der Waals surface area contributed by atoms with Crippen molar-refractivity contribution in [2.24, 2.45) is 0 Å². The summed E-state index contributed by atoms with van der Waals surface area (Å²) in [5.74, 6) is 0.926. The van der Waals surface area contributed by atoms with Gasteiger partial charge in [0, 0.05) is 31.0 Å². The highest BCUT2D eigenvalue weighted by Gasteiger charge is 2.31. The second-order valence-electron chi connectivity index (χ2n) is 6.00. The second kappa shape index (κ2) is 7.50. The van der Waals surface area contributed by atoms with Gasteiger partial charge in [0.2, 0.25) is 17.6 Å². The van der Waals surface area contributed by atoms with Crippen LogP contribution in [-0.4, -0.2) is 45.1 Å². The van der Waals surface area contributed by atoms with Crippen LogP contribution in [0.4, 0.5) is 0 Å². The van der Waals surface area contributed by atoms with Crippen LogP contribution in [0.15, 0.2) is 29.0 Å². The highest BCUT2D eigenvalue weighted by Crippen LogP contribution is 2.16. The van der Waals surface area contributed by atoms with Crippen molar-refractivity contribution in [3.05, 3.63) is 30.4 Å². The van der Waals surface area contributed by atoms with Gasteiger partial charge in [0.05, 0.1) is 6.54 Å². The summed E-state index contributed by atoms with van der Waals surface area (Å²) < 4.78 is 5.25. The predicted molar refractivity (Wildman–Crippen MR) is 87.4 cm³/mol. The molecule has 8 heteroatoms. The molecule has 2 N–H and O–H groups in total. The van der Waals surface area contributed by atoms with Gasteiger partial charge in [-0.05, 0) is 25.0 Å². The van der Waals surface area contributed by atoms with Crippen LogP contribution in [0.5, 0.6) is 0 Å². The Balaban J connectivity index is 1.58. The molecule has 2 atom stereocenters. The quantitative estimate of drug-likeness (QED) is 0.819. The SMILES string of the molecule is CCCC1CC(C(=O)N(C)Cc2nc(-c3ccncc3)no2)NN1. The second-order valence-corrected chi connectivity index (χ2v) is 6.00. The standard InChI is InChI=1S/C16H22N6O2/c1-3-4-12-9-13(20-19-12)16(23)22(2)10-14-18-15(21-24-14)11-5-7-17-8-6-11/h5-8,12-13,19-20H,3-4,9-10H2,1-2H3. The summed E-state index contributed by atoms with van der Waals surface area (Å²) >= 11 is 0. The summed E-state index contributed by atoms with van der Waals surface area (Å²) in [6, 6.07) is 3.75. The van der Waals surface area contributed by atoms with Gasteiger partial charge in [0.1, 0.15) is 6.04 Å². The first kappa shape index (κ1) is 16.5. The molecule has 3 rings (SSSR count). The number of hydrazine groups is 1. The van der Waals surface area contributed by atoms with Gasteiger partial charge in [-0.15, -0.1) is 0 Å². The zero-order chi connectivity index (χ0) is 16.9. The van der Waals surface area contributed by atoms with Crippen molar-refractivity contribution in [3.8, 4) is 11.4 Å². The number of amides is 1. The van der Waals surface area contributed by atoms with Gasteiger partial charge >= 0.3 is 0 Å². The highest BCUT2D eigenvalue weighted by atomic mass is 16.5. The number of aromatic nitrogens is 3. The van der Waals surface area contributed by atoms with Crippen LogP contribution in [0.3, 0.4) is 0 Å². The molecule has 1 aliphatic rings. The van der Waals surface area contributed by atoms with Crippen LogP contribution in [0.25, 0.3) is 11.4 Å². The van der Waals surface area contributed by atoms with Crippen molar-refractivity contribution in [2.75, 3.05) is 7.05 Å². The Morgan fingerprint density at radius 2 is 2.17 bits per heavy atom. The largest absolute Gasteiger partial charge is 0.337 e. The predicted octanol–water partition coefficient (Wildman–Crippen LogP) is 1.13. The van der Waals surface area contributed by atoms with Crippen molar-refractivity contribution in [2.45, 2.75) is 44.8 Å². The smallest absolute Gasteiger partial charge is 0.246 e. The van der Waals surface area contributed by atoms with E-state index in [1.54, 1.807) is 24.3 Å². The number of pyridine rings is 1. The maximum atomic E-state index is 12.5. The fourth-order valence-corrected chi connectivity index (χ4v) is 2.81. The van der Waals surface area contributed by atoms with Crippen LogP contribution in [-0.2, 0) is 11.3 Å². The molecule has 0 radical (unpaired) electrons. The lowest BCUT2D eigenvalue weighted by Crippen LogP contribution is -2.44. The molecule has 8 nitrogen and oxygen atoms in total. The van der Waals surface area contributed by atoms with Gasteiger partial charge in [0.25, 0.3) is 0 Å². The highest BCUT2D eigenvalue weighted by molar-refractivity contribution is 5.81. The monoisotopic (exact) mass is 330 g/mol. The van der Waals surface area contributed by atoms with E-state index in [9.17, 15) is 4.79 Å². The lowest BCUT2D eigenvalue weighted by Gasteiger charge is -2.18. The lowest BCUT2D eigenvalue weighted by atomic mass is 10.1. The van der Waals surface area contributed by atoms with E-state index in [0.29, 0.717) is 17.8 Å². The molecule has 1 aliphatic heterocycles. The summed E-state index contributed by atoms with van der Waals surface area (Å²) in [6.45, 7) is 2.42. The number of likely N-dealkylation sites (N-methyl/N-ethyl adjacent to an activating group) is 1. The Kier molecular flexibility index (Phi) is 5.17. The molecule has 2 aromatic rings. The van der Waals surface area contributed by atoms with Gasteiger partial charge in [-0.3, -0.25) is 15.2 Å². The zero-order valence-electron chi connectivity index (χ0n) is 13.9. The third kappa shape index (κ3) is 3.77. The Labute approximate surface area is 140 Å². The number of rotatable bonds is 6. The summed E-state index contributed by atoms with van der Waals surface area (Å²) in [6.07, 6.45) is 6.29. The van der Waals surface area contributed by atoms with Crippen molar-refractivity contribution in [1.29, 1.82) is 0 Å². The summed E-state index contributed by atoms with van der Waals surface area (Å²) in [7, 11) is 1.74. The average molecular weight is 330 g/mol. The zero-order valence-corrected chi connectivity index (χ0v) is 13.9. The van der Waals surface area contributed by atoms with E-state index in [1.807, 2.05) is 12.1 Å². The number of hydrogen-bond donors (Lipinski definition) is 2. The first-order valence-electron chi connectivity index (χ1n) is 8.16. The van der Waals surface area contributed by atoms with Crippen molar-refractivity contribution in [3.63, 3.8) is 0 Å². The molecular weight excluding hydrogens is 308 g/mol. The topological polar surface area (TPSA) is 96.2 Å².